The highest BCUT2D eigenvalue weighted by Crippen LogP contribution is 2.26. The molecule has 0 atom stereocenters. The van der Waals surface area contributed by atoms with E-state index < -0.39 is 0 Å². The van der Waals surface area contributed by atoms with Gasteiger partial charge in [0.05, 0.1) is 11.3 Å². The zero-order valence-corrected chi connectivity index (χ0v) is 18.0. The van der Waals surface area contributed by atoms with Gasteiger partial charge in [-0.25, -0.2) is 4.98 Å². The van der Waals surface area contributed by atoms with Gasteiger partial charge in [0.15, 0.2) is 5.65 Å². The summed E-state index contributed by atoms with van der Waals surface area (Å²) in [6, 6.07) is 24.8. The van der Waals surface area contributed by atoms with E-state index >= 15 is 0 Å². The minimum absolute atomic E-state index is 0.146. The summed E-state index contributed by atoms with van der Waals surface area (Å²) in [5.74, 6) is 1.50. The first-order chi connectivity index (χ1) is 15.7. The van der Waals surface area contributed by atoms with Crippen LogP contribution in [0.25, 0.3) is 22.1 Å². The Morgan fingerprint density at radius 1 is 0.938 bits per heavy atom. The summed E-state index contributed by atoms with van der Waals surface area (Å²) in [7, 11) is 1.95. The molecule has 0 aliphatic rings. The summed E-state index contributed by atoms with van der Waals surface area (Å²) < 4.78 is 7.76. The maximum atomic E-state index is 12.4. The Kier molecular flexibility index (Phi) is 5.43. The van der Waals surface area contributed by atoms with Crippen molar-refractivity contribution in [3.8, 4) is 11.5 Å². The first kappa shape index (κ1) is 20.0. The quantitative estimate of drug-likeness (QED) is 0.372. The molecule has 0 fully saturated rings. The number of ether oxygens (including phenoxy) is 1. The molecule has 7 nitrogen and oxygen atoms in total. The van der Waals surface area contributed by atoms with Crippen LogP contribution in [-0.4, -0.2) is 31.4 Å². The third kappa shape index (κ3) is 4.13. The van der Waals surface area contributed by atoms with Crippen molar-refractivity contribution in [2.24, 2.45) is 7.05 Å². The molecule has 158 valence electrons. The lowest BCUT2D eigenvalue weighted by Crippen LogP contribution is -2.14. The van der Waals surface area contributed by atoms with Gasteiger partial charge in [0, 0.05) is 18.1 Å². The lowest BCUT2D eigenvalue weighted by Gasteiger charge is -2.08. The van der Waals surface area contributed by atoms with Crippen LogP contribution in [0.15, 0.2) is 84.0 Å². The average molecular weight is 442 g/mol. The number of hydrogen-bond acceptors (Lipinski definition) is 6. The first-order valence-electron chi connectivity index (χ1n) is 10.0. The van der Waals surface area contributed by atoms with Crippen LogP contribution in [0, 0.1) is 0 Å². The topological polar surface area (TPSA) is 81.9 Å². The SMILES string of the molecule is Cn1c2ccccc2c2nnc(SCC(=O)Nc3ccc(Oc4ccccc4)cc3)nc21. The molecule has 8 heteroatoms. The summed E-state index contributed by atoms with van der Waals surface area (Å²) in [4.78, 5) is 17.0. The fraction of sp³-hybridized carbons (Fsp3) is 0.0833. The van der Waals surface area contributed by atoms with Crippen LogP contribution in [-0.2, 0) is 11.8 Å². The number of fused-ring (bicyclic) bond motifs is 3. The second kappa shape index (κ2) is 8.68. The van der Waals surface area contributed by atoms with Crippen LogP contribution in [0.3, 0.4) is 0 Å². The molecule has 0 saturated heterocycles. The first-order valence-corrected chi connectivity index (χ1v) is 11.0. The molecular weight excluding hydrogens is 422 g/mol. The summed E-state index contributed by atoms with van der Waals surface area (Å²) >= 11 is 1.25. The summed E-state index contributed by atoms with van der Waals surface area (Å²) in [6.07, 6.45) is 0. The lowest BCUT2D eigenvalue weighted by molar-refractivity contribution is -0.113. The van der Waals surface area contributed by atoms with Crippen LogP contribution in [0.5, 0.6) is 11.5 Å². The van der Waals surface area contributed by atoms with Crippen LogP contribution < -0.4 is 10.1 Å². The highest BCUT2D eigenvalue weighted by atomic mass is 32.2. The predicted octanol–water partition coefficient (Wildman–Crippen LogP) is 5.04. The second-order valence-electron chi connectivity index (χ2n) is 7.12. The summed E-state index contributed by atoms with van der Waals surface area (Å²) in [6.45, 7) is 0. The van der Waals surface area contributed by atoms with Gasteiger partial charge in [-0.3, -0.25) is 4.79 Å². The number of nitrogens with one attached hydrogen (secondary N) is 1. The molecule has 1 N–H and O–H groups in total. The van der Waals surface area contributed by atoms with E-state index in [4.69, 9.17) is 4.74 Å². The highest BCUT2D eigenvalue weighted by molar-refractivity contribution is 7.99. The average Bonchev–Trinajstić information content (AvgIpc) is 3.11. The van der Waals surface area contributed by atoms with E-state index in [0.29, 0.717) is 16.6 Å². The number of thioether (sulfide) groups is 1. The molecule has 32 heavy (non-hydrogen) atoms. The number of carbonyl (C=O) groups excluding carboxylic acids is 1. The molecule has 2 heterocycles. The fourth-order valence-electron chi connectivity index (χ4n) is 3.41. The van der Waals surface area contributed by atoms with Crippen LogP contribution in [0.2, 0.25) is 0 Å². The van der Waals surface area contributed by atoms with E-state index in [1.165, 1.54) is 11.8 Å². The van der Waals surface area contributed by atoms with Crippen molar-refractivity contribution in [2.45, 2.75) is 5.16 Å². The van der Waals surface area contributed by atoms with Gasteiger partial charge in [-0.1, -0.05) is 48.2 Å². The smallest absolute Gasteiger partial charge is 0.234 e. The number of hydrogen-bond donors (Lipinski definition) is 1. The number of para-hydroxylation sites is 2. The van der Waals surface area contributed by atoms with Crippen LogP contribution in [0.1, 0.15) is 0 Å². The third-order valence-electron chi connectivity index (χ3n) is 4.94. The molecule has 0 unspecified atom stereocenters. The summed E-state index contributed by atoms with van der Waals surface area (Å²) in [5, 5.41) is 12.9. The number of anilines is 1. The van der Waals surface area contributed by atoms with E-state index in [0.717, 1.165) is 27.8 Å². The lowest BCUT2D eigenvalue weighted by atomic mass is 10.2. The van der Waals surface area contributed by atoms with E-state index in [2.05, 4.69) is 20.5 Å². The number of aryl methyl sites for hydroxylation is 1. The molecule has 0 spiro atoms. The van der Waals surface area contributed by atoms with Crippen molar-refractivity contribution in [3.05, 3.63) is 78.9 Å². The molecular formula is C24H19N5O2S. The number of benzene rings is 3. The zero-order valence-electron chi connectivity index (χ0n) is 17.2. The normalized spacial score (nSPS) is 11.0. The Balaban J connectivity index is 1.21. The maximum absolute atomic E-state index is 12.4. The molecule has 2 aromatic heterocycles. The van der Waals surface area contributed by atoms with E-state index in [9.17, 15) is 4.79 Å². The van der Waals surface area contributed by atoms with E-state index in [1.807, 2.05) is 78.3 Å². The highest BCUT2D eigenvalue weighted by Gasteiger charge is 2.13. The predicted molar refractivity (Wildman–Crippen MR) is 126 cm³/mol. The minimum Gasteiger partial charge on any atom is -0.457 e. The second-order valence-corrected chi connectivity index (χ2v) is 8.06. The van der Waals surface area contributed by atoms with E-state index in [1.54, 1.807) is 12.1 Å². The standard InChI is InChI=1S/C24H19N5O2S/c1-29-20-10-6-5-9-19(20)22-23(29)26-24(28-27-22)32-15-21(30)25-16-11-13-18(14-12-16)31-17-7-3-2-4-8-17/h2-14H,15H2,1H3,(H,25,30). The fourth-order valence-corrected chi connectivity index (χ4v) is 3.99. The number of aromatic nitrogens is 4. The van der Waals surface area contributed by atoms with Gasteiger partial charge in [-0.05, 0) is 42.5 Å². The molecule has 0 radical (unpaired) electrons. The Labute approximate surface area is 188 Å². The molecule has 0 aliphatic heterocycles. The number of amides is 1. The van der Waals surface area contributed by atoms with Crippen molar-refractivity contribution in [1.29, 1.82) is 0 Å². The minimum atomic E-state index is -0.146. The van der Waals surface area contributed by atoms with Crippen molar-refractivity contribution in [1.82, 2.24) is 19.7 Å². The van der Waals surface area contributed by atoms with Gasteiger partial charge in [-0.2, -0.15) is 0 Å². The third-order valence-corrected chi connectivity index (χ3v) is 5.77. The van der Waals surface area contributed by atoms with Crippen molar-refractivity contribution in [2.75, 3.05) is 11.1 Å². The number of carbonyl (C=O) groups is 1. The Bertz CT molecular complexity index is 1400. The number of nitrogens with zero attached hydrogens (tertiary/aromatic N) is 4. The Morgan fingerprint density at radius 2 is 1.66 bits per heavy atom. The van der Waals surface area contributed by atoms with Crippen LogP contribution >= 0.6 is 11.8 Å². The van der Waals surface area contributed by atoms with Crippen molar-refractivity contribution in [3.63, 3.8) is 0 Å². The molecule has 0 bridgehead atoms. The maximum Gasteiger partial charge on any atom is 0.234 e. The largest absolute Gasteiger partial charge is 0.457 e. The molecule has 3 aromatic carbocycles. The monoisotopic (exact) mass is 441 g/mol. The van der Waals surface area contributed by atoms with Crippen molar-refractivity contribution < 1.29 is 9.53 Å². The molecule has 0 aliphatic carbocycles. The van der Waals surface area contributed by atoms with Gasteiger partial charge in [-0.15, -0.1) is 10.2 Å². The van der Waals surface area contributed by atoms with Gasteiger partial charge in [0.1, 0.15) is 17.0 Å². The molecule has 1 amide bonds. The van der Waals surface area contributed by atoms with E-state index in [-0.39, 0.29) is 11.7 Å². The molecule has 5 aromatic rings. The molecule has 0 saturated carbocycles. The van der Waals surface area contributed by atoms with Crippen molar-refractivity contribution >= 4 is 45.4 Å². The van der Waals surface area contributed by atoms with Gasteiger partial charge < -0.3 is 14.6 Å². The van der Waals surface area contributed by atoms with Gasteiger partial charge in [0.2, 0.25) is 11.1 Å². The van der Waals surface area contributed by atoms with Gasteiger partial charge in [0.25, 0.3) is 0 Å². The Morgan fingerprint density at radius 3 is 2.47 bits per heavy atom. The van der Waals surface area contributed by atoms with Gasteiger partial charge >= 0.3 is 0 Å². The van der Waals surface area contributed by atoms with Crippen LogP contribution in [0.4, 0.5) is 5.69 Å². The summed E-state index contributed by atoms with van der Waals surface area (Å²) in [5.41, 5.74) is 3.25. The molecule has 5 rings (SSSR count). The number of rotatable bonds is 6. The zero-order chi connectivity index (χ0) is 21.9. The Hall–Kier alpha value is -3.91.